The summed E-state index contributed by atoms with van der Waals surface area (Å²) in [5.74, 6) is 0. The lowest BCUT2D eigenvalue weighted by molar-refractivity contribution is 0.111. The number of aromatic nitrogens is 1. The van der Waals surface area contributed by atoms with E-state index in [1.165, 1.54) is 22.2 Å². The third-order valence-electron chi connectivity index (χ3n) is 4.13. The van der Waals surface area contributed by atoms with Crippen LogP contribution in [-0.2, 0) is 20.0 Å². The van der Waals surface area contributed by atoms with Crippen LogP contribution < -0.4 is 5.73 Å². The third-order valence-corrected chi connectivity index (χ3v) is 4.13. The molecule has 0 saturated carbocycles. The molecule has 102 valence electrons. The highest BCUT2D eigenvalue weighted by Crippen LogP contribution is 2.29. The van der Waals surface area contributed by atoms with Crippen LogP contribution in [0.2, 0.25) is 0 Å². The fourth-order valence-corrected chi connectivity index (χ4v) is 3.11. The van der Waals surface area contributed by atoms with Gasteiger partial charge in [-0.25, -0.2) is 0 Å². The van der Waals surface area contributed by atoms with E-state index >= 15 is 0 Å². The quantitative estimate of drug-likeness (QED) is 0.859. The van der Waals surface area contributed by atoms with Crippen LogP contribution in [0.3, 0.4) is 0 Å². The smallest absolute Gasteiger partial charge is 0.0789 e. The third kappa shape index (κ3) is 2.16. The minimum atomic E-state index is -0.420. The summed E-state index contributed by atoms with van der Waals surface area (Å²) in [4.78, 5) is 2.30. The first-order chi connectivity index (χ1) is 9.20. The zero-order valence-electron chi connectivity index (χ0n) is 11.3. The average Bonchev–Trinajstić information content (AvgIpc) is 2.73. The van der Waals surface area contributed by atoms with Gasteiger partial charge in [0.2, 0.25) is 0 Å². The van der Waals surface area contributed by atoms with Crippen LogP contribution in [0.25, 0.3) is 10.9 Å². The number of hydrogen-bond donors (Lipinski definition) is 2. The van der Waals surface area contributed by atoms with Gasteiger partial charge in [-0.15, -0.1) is 0 Å². The maximum Gasteiger partial charge on any atom is 0.0789 e. The second-order valence-electron chi connectivity index (χ2n) is 5.38. The minimum absolute atomic E-state index is 0.332. The average molecular weight is 259 g/mol. The van der Waals surface area contributed by atoms with Crippen molar-refractivity contribution in [1.82, 2.24) is 9.47 Å². The molecule has 1 aliphatic heterocycles. The van der Waals surface area contributed by atoms with Crippen LogP contribution in [0.1, 0.15) is 11.3 Å². The molecule has 1 unspecified atom stereocenters. The molecule has 4 heteroatoms. The van der Waals surface area contributed by atoms with Gasteiger partial charge < -0.3 is 15.4 Å². The van der Waals surface area contributed by atoms with Gasteiger partial charge in [0, 0.05) is 56.2 Å². The molecule has 0 amide bonds. The molecule has 3 N–H and O–H groups in total. The standard InChI is InChI=1S/C15H21N3O/c1-17-14-5-3-2-4-12(14)13-10-18(7-6-15(13)17)9-11(19)8-16/h2-5,11,19H,6-10,16H2,1H3. The van der Waals surface area contributed by atoms with Crippen LogP contribution in [0.5, 0.6) is 0 Å². The van der Waals surface area contributed by atoms with Gasteiger partial charge in [-0.2, -0.15) is 0 Å². The lowest BCUT2D eigenvalue weighted by Gasteiger charge is -2.29. The van der Waals surface area contributed by atoms with Gasteiger partial charge in [0.15, 0.2) is 0 Å². The van der Waals surface area contributed by atoms with Crippen molar-refractivity contribution in [3.05, 3.63) is 35.5 Å². The summed E-state index contributed by atoms with van der Waals surface area (Å²) in [6.45, 7) is 2.90. The van der Waals surface area contributed by atoms with Gasteiger partial charge in [-0.05, 0) is 11.6 Å². The minimum Gasteiger partial charge on any atom is -0.390 e. The lowest BCUT2D eigenvalue weighted by atomic mass is 10.0. The number of hydrogen-bond acceptors (Lipinski definition) is 3. The Morgan fingerprint density at radius 1 is 1.37 bits per heavy atom. The lowest BCUT2D eigenvalue weighted by Crippen LogP contribution is -2.39. The monoisotopic (exact) mass is 259 g/mol. The van der Waals surface area contributed by atoms with Crippen molar-refractivity contribution in [3.63, 3.8) is 0 Å². The van der Waals surface area contributed by atoms with E-state index in [0.29, 0.717) is 13.1 Å². The Bertz CT molecular complexity index is 590. The highest BCUT2D eigenvalue weighted by atomic mass is 16.3. The van der Waals surface area contributed by atoms with Crippen LogP contribution in [0.15, 0.2) is 24.3 Å². The number of benzene rings is 1. The van der Waals surface area contributed by atoms with Crippen molar-refractivity contribution in [1.29, 1.82) is 0 Å². The first-order valence-electron chi connectivity index (χ1n) is 6.86. The van der Waals surface area contributed by atoms with Crippen molar-refractivity contribution in [3.8, 4) is 0 Å². The SMILES string of the molecule is Cn1c2c(c3ccccc31)CN(CC(O)CN)CC2. The predicted octanol–water partition coefficient (Wildman–Crippen LogP) is 0.856. The summed E-state index contributed by atoms with van der Waals surface area (Å²) in [5, 5.41) is 11.0. The van der Waals surface area contributed by atoms with Crippen LogP contribution >= 0.6 is 0 Å². The number of fused-ring (bicyclic) bond motifs is 3. The van der Waals surface area contributed by atoms with E-state index in [1.54, 1.807) is 0 Å². The predicted molar refractivity (Wildman–Crippen MR) is 77.0 cm³/mol. The van der Waals surface area contributed by atoms with Gasteiger partial charge in [0.1, 0.15) is 0 Å². The summed E-state index contributed by atoms with van der Waals surface area (Å²) >= 11 is 0. The summed E-state index contributed by atoms with van der Waals surface area (Å²) in [6.07, 6.45) is 0.620. The second kappa shape index (κ2) is 4.96. The van der Waals surface area contributed by atoms with E-state index < -0.39 is 6.10 Å². The molecule has 1 atom stereocenters. The maximum absolute atomic E-state index is 9.70. The zero-order chi connectivity index (χ0) is 13.4. The molecule has 1 aromatic heterocycles. The number of nitrogens with two attached hydrogens (primary N) is 1. The molecule has 1 aliphatic rings. The molecule has 0 aliphatic carbocycles. The van der Waals surface area contributed by atoms with Crippen LogP contribution in [-0.4, -0.2) is 40.3 Å². The van der Waals surface area contributed by atoms with Crippen molar-refractivity contribution < 1.29 is 5.11 Å². The van der Waals surface area contributed by atoms with Crippen LogP contribution in [0, 0.1) is 0 Å². The molecule has 0 saturated heterocycles. The van der Waals surface area contributed by atoms with Crippen molar-refractivity contribution in [2.45, 2.75) is 19.1 Å². The van der Waals surface area contributed by atoms with E-state index in [4.69, 9.17) is 5.73 Å². The molecule has 0 bridgehead atoms. The molecule has 2 heterocycles. The summed E-state index contributed by atoms with van der Waals surface area (Å²) in [5.41, 5.74) is 9.64. The van der Waals surface area contributed by atoms with E-state index in [2.05, 4.69) is 40.8 Å². The fourth-order valence-electron chi connectivity index (χ4n) is 3.11. The first-order valence-corrected chi connectivity index (χ1v) is 6.86. The molecule has 3 rings (SSSR count). The summed E-state index contributed by atoms with van der Waals surface area (Å²) < 4.78 is 2.31. The Kier molecular flexibility index (Phi) is 3.31. The number of aliphatic hydroxyl groups is 1. The van der Waals surface area contributed by atoms with Gasteiger partial charge >= 0.3 is 0 Å². The van der Waals surface area contributed by atoms with Gasteiger partial charge in [-0.3, -0.25) is 4.90 Å². The highest BCUT2D eigenvalue weighted by Gasteiger charge is 2.23. The fraction of sp³-hybridized carbons (Fsp3) is 0.467. The first kappa shape index (κ1) is 12.7. The number of aryl methyl sites for hydroxylation is 1. The molecule has 2 aromatic rings. The Labute approximate surface area is 113 Å². The second-order valence-corrected chi connectivity index (χ2v) is 5.38. The van der Waals surface area contributed by atoms with E-state index in [0.717, 1.165) is 19.5 Å². The number of para-hydroxylation sites is 1. The molecular weight excluding hydrogens is 238 g/mol. The summed E-state index contributed by atoms with van der Waals surface area (Å²) in [7, 11) is 2.14. The van der Waals surface area contributed by atoms with E-state index in [9.17, 15) is 5.11 Å². The molecule has 19 heavy (non-hydrogen) atoms. The molecule has 0 spiro atoms. The Morgan fingerprint density at radius 2 is 2.16 bits per heavy atom. The Hall–Kier alpha value is -1.36. The number of β-amino-alcohol motifs (C(OH)–C–C–N with tert-alkyl or cyclic N) is 1. The Morgan fingerprint density at radius 3 is 2.95 bits per heavy atom. The van der Waals surface area contributed by atoms with Gasteiger partial charge in [0.05, 0.1) is 6.10 Å². The van der Waals surface area contributed by atoms with Crippen LogP contribution in [0.4, 0.5) is 0 Å². The Balaban J connectivity index is 1.94. The number of nitrogens with zero attached hydrogens (tertiary/aromatic N) is 2. The van der Waals surface area contributed by atoms with E-state index in [1.807, 2.05) is 0 Å². The molecule has 1 aromatic carbocycles. The number of rotatable bonds is 3. The molecule has 0 radical (unpaired) electrons. The molecule has 4 nitrogen and oxygen atoms in total. The van der Waals surface area contributed by atoms with Crippen molar-refractivity contribution in [2.24, 2.45) is 12.8 Å². The van der Waals surface area contributed by atoms with Gasteiger partial charge in [0.25, 0.3) is 0 Å². The highest BCUT2D eigenvalue weighted by molar-refractivity contribution is 5.85. The summed E-state index contributed by atoms with van der Waals surface area (Å²) in [6, 6.07) is 8.55. The van der Waals surface area contributed by atoms with E-state index in [-0.39, 0.29) is 0 Å². The maximum atomic E-state index is 9.70. The zero-order valence-corrected chi connectivity index (χ0v) is 11.3. The largest absolute Gasteiger partial charge is 0.390 e. The molecule has 0 fully saturated rings. The topological polar surface area (TPSA) is 54.4 Å². The molecular formula is C15H21N3O. The van der Waals surface area contributed by atoms with Crippen molar-refractivity contribution in [2.75, 3.05) is 19.6 Å². The van der Waals surface area contributed by atoms with Gasteiger partial charge in [-0.1, -0.05) is 18.2 Å². The normalized spacial score (nSPS) is 17.6. The van der Waals surface area contributed by atoms with Crippen molar-refractivity contribution >= 4 is 10.9 Å². The number of aliphatic hydroxyl groups excluding tert-OH is 1.